The number of fused-ring (bicyclic) bond motifs is 5. The van der Waals surface area contributed by atoms with Gasteiger partial charge in [-0.15, -0.1) is 0 Å². The van der Waals surface area contributed by atoms with Crippen LogP contribution < -0.4 is 0 Å². The zero-order valence-electron chi connectivity index (χ0n) is 17.0. The first-order valence-corrected chi connectivity index (χ1v) is 10.6. The van der Waals surface area contributed by atoms with Gasteiger partial charge in [-0.3, -0.25) is 4.79 Å². The maximum atomic E-state index is 12.8. The molecule has 3 nitrogen and oxygen atoms in total. The van der Waals surface area contributed by atoms with Gasteiger partial charge >= 0.3 is 0 Å². The van der Waals surface area contributed by atoms with Gasteiger partial charge in [-0.2, -0.15) is 0 Å². The number of hydrogen-bond acceptors (Lipinski definition) is 3. The van der Waals surface area contributed by atoms with Gasteiger partial charge in [0.15, 0.2) is 0 Å². The molecule has 6 unspecified atom stereocenters. The Morgan fingerprint density at radius 2 is 1.72 bits per heavy atom. The van der Waals surface area contributed by atoms with Gasteiger partial charge in [0.1, 0.15) is 5.78 Å². The predicted molar refractivity (Wildman–Crippen MR) is 102 cm³/mol. The molecule has 1 saturated heterocycles. The lowest BCUT2D eigenvalue weighted by Gasteiger charge is -2.52. The van der Waals surface area contributed by atoms with Crippen molar-refractivity contribution in [2.24, 2.45) is 29.6 Å². The summed E-state index contributed by atoms with van der Waals surface area (Å²) in [5.74, 6) is 2.40. The van der Waals surface area contributed by atoms with E-state index in [-0.39, 0.29) is 12.0 Å². The van der Waals surface area contributed by atoms with Crippen LogP contribution in [0.5, 0.6) is 0 Å². The molecule has 4 aliphatic rings. The van der Waals surface area contributed by atoms with E-state index in [1.807, 2.05) is 27.7 Å². The maximum Gasteiger partial charge on any atom is 0.140 e. The molecule has 2 saturated carbocycles. The molecule has 0 aromatic heterocycles. The minimum Gasteiger partial charge on any atom is -0.392 e. The van der Waals surface area contributed by atoms with E-state index in [0.29, 0.717) is 42.0 Å². The Labute approximate surface area is 154 Å². The molecule has 0 amide bonds. The third-order valence-electron chi connectivity index (χ3n) is 6.88. The number of aliphatic hydroxyl groups excluding tert-OH is 1. The van der Waals surface area contributed by atoms with Crippen LogP contribution in [0.1, 0.15) is 73.6 Å². The van der Waals surface area contributed by atoms with Crippen LogP contribution in [0, 0.1) is 29.6 Å². The van der Waals surface area contributed by atoms with E-state index in [1.54, 1.807) is 0 Å². The molecule has 0 spiro atoms. The smallest absolute Gasteiger partial charge is 0.140 e. The minimum atomic E-state index is -0.223. The van der Waals surface area contributed by atoms with Crippen molar-refractivity contribution in [3.8, 4) is 0 Å². The Morgan fingerprint density at radius 1 is 1.04 bits per heavy atom. The van der Waals surface area contributed by atoms with E-state index < -0.39 is 0 Å². The summed E-state index contributed by atoms with van der Waals surface area (Å²) in [5.41, 5.74) is 2.60. The highest BCUT2D eigenvalue weighted by molar-refractivity contribution is 5.84. The summed E-state index contributed by atoms with van der Waals surface area (Å²) in [4.78, 5) is 12.8. The fourth-order valence-corrected chi connectivity index (χ4v) is 5.52. The monoisotopic (exact) mass is 350 g/mol. The predicted octanol–water partition coefficient (Wildman–Crippen LogP) is 4.78. The lowest BCUT2D eigenvalue weighted by Crippen LogP contribution is -2.54. The molecular formula is C22H38O3. The van der Waals surface area contributed by atoms with Gasteiger partial charge in [0.05, 0.1) is 18.8 Å². The van der Waals surface area contributed by atoms with Crippen LogP contribution in [0.4, 0.5) is 0 Å². The average molecular weight is 351 g/mol. The van der Waals surface area contributed by atoms with Crippen molar-refractivity contribution in [2.45, 2.75) is 85.9 Å². The van der Waals surface area contributed by atoms with Crippen molar-refractivity contribution in [1.82, 2.24) is 0 Å². The normalized spacial score (nSPS) is 42.2. The number of aliphatic hydroxyl groups is 1. The van der Waals surface area contributed by atoms with Crippen LogP contribution in [0.2, 0.25) is 0 Å². The summed E-state index contributed by atoms with van der Waals surface area (Å²) < 4.78 is 5.68. The molecular weight excluding hydrogens is 312 g/mol. The molecule has 144 valence electrons. The SMILES string of the molecule is CC.CC.CC1=C2CC(=O)[C@H]3CCC4OCC4C3CC(C(O)C1)C2C. The summed E-state index contributed by atoms with van der Waals surface area (Å²) in [6.07, 6.45) is 4.63. The number of ether oxygens (including phenoxy) is 1. The van der Waals surface area contributed by atoms with Gasteiger partial charge in [-0.25, -0.2) is 0 Å². The average Bonchev–Trinajstić information content (AvgIpc) is 2.59. The van der Waals surface area contributed by atoms with Gasteiger partial charge in [0, 0.05) is 18.3 Å². The number of ketones is 1. The van der Waals surface area contributed by atoms with Gasteiger partial charge < -0.3 is 9.84 Å². The second-order valence-electron chi connectivity index (χ2n) is 7.79. The largest absolute Gasteiger partial charge is 0.392 e. The Morgan fingerprint density at radius 3 is 2.32 bits per heavy atom. The minimum absolute atomic E-state index is 0.221. The first kappa shape index (κ1) is 20.6. The number of carbonyl (C=O) groups excluding carboxylic acids is 1. The quantitative estimate of drug-likeness (QED) is 0.640. The second kappa shape index (κ2) is 8.81. The molecule has 1 N–H and O–H groups in total. The van der Waals surface area contributed by atoms with E-state index in [4.69, 9.17) is 4.74 Å². The number of hydrogen-bond donors (Lipinski definition) is 1. The summed E-state index contributed by atoms with van der Waals surface area (Å²) in [5, 5.41) is 10.6. The van der Waals surface area contributed by atoms with E-state index in [1.165, 1.54) is 11.1 Å². The topological polar surface area (TPSA) is 46.5 Å². The van der Waals surface area contributed by atoms with Crippen molar-refractivity contribution in [2.75, 3.05) is 6.61 Å². The van der Waals surface area contributed by atoms with Crippen LogP contribution in [0.15, 0.2) is 11.1 Å². The zero-order chi connectivity index (χ0) is 18.7. The lowest BCUT2D eigenvalue weighted by molar-refractivity contribution is -0.181. The molecule has 3 fully saturated rings. The second-order valence-corrected chi connectivity index (χ2v) is 7.79. The van der Waals surface area contributed by atoms with Gasteiger partial charge in [-0.05, 0) is 50.4 Å². The van der Waals surface area contributed by atoms with Crippen molar-refractivity contribution in [3.05, 3.63) is 11.1 Å². The van der Waals surface area contributed by atoms with Crippen LogP contribution >= 0.6 is 0 Å². The van der Waals surface area contributed by atoms with Crippen molar-refractivity contribution in [1.29, 1.82) is 0 Å². The Hall–Kier alpha value is -0.670. The highest BCUT2D eigenvalue weighted by atomic mass is 16.5. The Bertz CT molecular complexity index is 496. The van der Waals surface area contributed by atoms with Gasteiger partial charge in [0.2, 0.25) is 0 Å². The molecule has 4 rings (SSSR count). The fraction of sp³-hybridized carbons (Fsp3) is 0.864. The zero-order valence-corrected chi connectivity index (χ0v) is 17.0. The number of rotatable bonds is 0. The third kappa shape index (κ3) is 3.73. The highest BCUT2D eigenvalue weighted by Gasteiger charge is 2.51. The molecule has 25 heavy (non-hydrogen) atoms. The number of carbonyl (C=O) groups is 1. The first-order chi connectivity index (χ1) is 12.1. The molecule has 3 aliphatic carbocycles. The number of Topliss-reactive ketones (excluding diaryl/α,β-unsaturated/α-hetero) is 1. The van der Waals surface area contributed by atoms with Crippen LogP contribution in [0.3, 0.4) is 0 Å². The Balaban J connectivity index is 0.000000528. The lowest BCUT2D eigenvalue weighted by atomic mass is 9.58. The molecule has 7 atom stereocenters. The van der Waals surface area contributed by atoms with Crippen LogP contribution in [-0.4, -0.2) is 29.7 Å². The molecule has 3 heteroatoms. The number of allylic oxidation sites excluding steroid dienone is 1. The van der Waals surface area contributed by atoms with Crippen molar-refractivity contribution >= 4 is 5.78 Å². The van der Waals surface area contributed by atoms with E-state index in [2.05, 4.69) is 13.8 Å². The summed E-state index contributed by atoms with van der Waals surface area (Å²) in [6.45, 7) is 13.2. The maximum absolute atomic E-state index is 12.8. The Kier molecular flexibility index (Phi) is 7.28. The molecule has 1 aliphatic heterocycles. The molecule has 0 radical (unpaired) electrons. The van der Waals surface area contributed by atoms with E-state index in [0.717, 1.165) is 32.3 Å². The van der Waals surface area contributed by atoms with Gasteiger partial charge in [-0.1, -0.05) is 45.8 Å². The summed E-state index contributed by atoms with van der Waals surface area (Å²) >= 11 is 0. The fourth-order valence-electron chi connectivity index (χ4n) is 5.52. The van der Waals surface area contributed by atoms with Crippen molar-refractivity contribution in [3.63, 3.8) is 0 Å². The molecule has 2 bridgehead atoms. The van der Waals surface area contributed by atoms with E-state index >= 15 is 0 Å². The standard InChI is InChI=1S/C18H26O3.2C2H6/c1-9-5-16(19)13-6-14-11(3-4-18-15(14)8-21-18)17(20)7-12(9)10(13)2;2*1-2/h10-11,13-16,18-19H,3-8H2,1-2H3;2*1-2H3/t10?,11-,13?,14?,15?,16?,18?;;/m0../s1. The van der Waals surface area contributed by atoms with Crippen molar-refractivity contribution < 1.29 is 14.6 Å². The highest BCUT2D eigenvalue weighted by Crippen LogP contribution is 2.51. The summed E-state index contributed by atoms with van der Waals surface area (Å²) in [7, 11) is 0. The summed E-state index contributed by atoms with van der Waals surface area (Å²) in [6, 6.07) is 0. The van der Waals surface area contributed by atoms with Crippen LogP contribution in [0.25, 0.3) is 0 Å². The van der Waals surface area contributed by atoms with Gasteiger partial charge in [0.25, 0.3) is 0 Å². The van der Waals surface area contributed by atoms with E-state index in [9.17, 15) is 9.90 Å². The first-order valence-electron chi connectivity index (χ1n) is 10.6. The molecule has 1 heterocycles. The molecule has 0 aromatic carbocycles. The molecule has 0 aromatic rings. The third-order valence-corrected chi connectivity index (χ3v) is 6.88. The van der Waals surface area contributed by atoms with Crippen LogP contribution in [-0.2, 0) is 9.53 Å².